The summed E-state index contributed by atoms with van der Waals surface area (Å²) in [5.41, 5.74) is 0.758. The van der Waals surface area contributed by atoms with E-state index in [1.54, 1.807) is 12.1 Å². The zero-order valence-corrected chi connectivity index (χ0v) is 16.0. The Morgan fingerprint density at radius 3 is 2.07 bits per heavy atom. The van der Waals surface area contributed by atoms with E-state index in [2.05, 4.69) is 0 Å². The molecule has 6 nitrogen and oxygen atoms in total. The Labute approximate surface area is 158 Å². The van der Waals surface area contributed by atoms with Crippen molar-refractivity contribution in [2.24, 2.45) is 0 Å². The van der Waals surface area contributed by atoms with E-state index in [4.69, 9.17) is 0 Å². The van der Waals surface area contributed by atoms with Gasteiger partial charge in [-0.1, -0.05) is 36.4 Å². The zero-order chi connectivity index (χ0) is 19.5. The number of benzene rings is 2. The highest BCUT2D eigenvalue weighted by molar-refractivity contribution is 7.92. The molecule has 0 bridgehead atoms. The van der Waals surface area contributed by atoms with E-state index >= 15 is 0 Å². The number of halogens is 1. The Morgan fingerprint density at radius 1 is 0.815 bits per heavy atom. The highest BCUT2D eigenvalue weighted by atomic mass is 32.2. The maximum atomic E-state index is 13.3. The summed E-state index contributed by atoms with van der Waals surface area (Å²) in [6.45, 7) is 0.0977. The number of rotatable bonds is 5. The molecule has 0 aliphatic carbocycles. The first-order chi connectivity index (χ1) is 12.8. The molecule has 3 rings (SSSR count). The Morgan fingerprint density at radius 2 is 1.44 bits per heavy atom. The van der Waals surface area contributed by atoms with Crippen molar-refractivity contribution in [3.8, 4) is 0 Å². The number of hydrogen-bond donors (Lipinski definition) is 0. The van der Waals surface area contributed by atoms with Gasteiger partial charge in [0.15, 0.2) is 0 Å². The van der Waals surface area contributed by atoms with Crippen LogP contribution in [0.1, 0.15) is 5.56 Å². The molecule has 0 saturated carbocycles. The molecule has 0 amide bonds. The SMILES string of the molecule is O=S(=O)(/C=C/c1ccccc1)N1CCN(S(=O)(=O)c2cccc(F)c2)CC1. The van der Waals surface area contributed by atoms with Crippen molar-refractivity contribution in [2.45, 2.75) is 4.90 Å². The third-order valence-electron chi connectivity index (χ3n) is 4.22. The molecule has 0 spiro atoms. The molecule has 0 N–H and O–H groups in total. The quantitative estimate of drug-likeness (QED) is 0.757. The van der Waals surface area contributed by atoms with Gasteiger partial charge in [0.1, 0.15) is 5.82 Å². The molecule has 27 heavy (non-hydrogen) atoms. The second kappa shape index (κ2) is 7.89. The largest absolute Gasteiger partial charge is 0.243 e. The molecule has 0 atom stereocenters. The molecule has 2 aromatic rings. The highest BCUT2D eigenvalue weighted by Gasteiger charge is 2.32. The van der Waals surface area contributed by atoms with Gasteiger partial charge < -0.3 is 0 Å². The van der Waals surface area contributed by atoms with Crippen LogP contribution < -0.4 is 0 Å². The molecule has 0 unspecified atom stereocenters. The summed E-state index contributed by atoms with van der Waals surface area (Å²) < 4.78 is 65.8. The Balaban J connectivity index is 1.68. The van der Waals surface area contributed by atoms with Crippen LogP contribution in [0.4, 0.5) is 4.39 Å². The highest BCUT2D eigenvalue weighted by Crippen LogP contribution is 2.20. The lowest BCUT2D eigenvalue weighted by molar-refractivity contribution is 0.275. The maximum Gasteiger partial charge on any atom is 0.243 e. The minimum Gasteiger partial charge on any atom is -0.208 e. The molecule has 0 radical (unpaired) electrons. The summed E-state index contributed by atoms with van der Waals surface area (Å²) in [5, 5.41) is 1.12. The standard InChI is InChI=1S/C18H19FN2O4S2/c19-17-7-4-8-18(15-17)27(24,25)21-12-10-20(11-13-21)26(22,23)14-9-16-5-2-1-3-6-16/h1-9,14-15H,10-13H2/b14-9+. The normalized spacial score (nSPS) is 17.4. The molecule has 1 saturated heterocycles. The van der Waals surface area contributed by atoms with Gasteiger partial charge in [0, 0.05) is 31.6 Å². The summed E-state index contributed by atoms with van der Waals surface area (Å²) in [7, 11) is -7.51. The number of hydrogen-bond acceptors (Lipinski definition) is 4. The minimum absolute atomic E-state index is 0.0112. The Hall–Kier alpha value is -2.07. The van der Waals surface area contributed by atoms with E-state index in [0.717, 1.165) is 17.0 Å². The third kappa shape index (κ3) is 4.62. The van der Waals surface area contributed by atoms with Gasteiger partial charge in [-0.15, -0.1) is 0 Å². The fourth-order valence-electron chi connectivity index (χ4n) is 2.76. The molecule has 2 aromatic carbocycles. The Bertz CT molecular complexity index is 1030. The summed E-state index contributed by atoms with van der Waals surface area (Å²) >= 11 is 0. The lowest BCUT2D eigenvalue weighted by Gasteiger charge is -2.32. The van der Waals surface area contributed by atoms with Gasteiger partial charge >= 0.3 is 0 Å². The zero-order valence-electron chi connectivity index (χ0n) is 14.4. The third-order valence-corrected chi connectivity index (χ3v) is 7.68. The molecule has 1 heterocycles. The molecule has 9 heteroatoms. The first-order valence-corrected chi connectivity index (χ1v) is 11.2. The maximum absolute atomic E-state index is 13.3. The van der Waals surface area contributed by atoms with Crippen LogP contribution in [0.25, 0.3) is 6.08 Å². The van der Waals surface area contributed by atoms with Crippen LogP contribution in [-0.4, -0.2) is 51.6 Å². The topological polar surface area (TPSA) is 74.8 Å². The van der Waals surface area contributed by atoms with Crippen LogP contribution >= 0.6 is 0 Å². The van der Waals surface area contributed by atoms with Crippen LogP contribution in [0.5, 0.6) is 0 Å². The average molecular weight is 410 g/mol. The second-order valence-corrected chi connectivity index (χ2v) is 9.78. The van der Waals surface area contributed by atoms with Gasteiger partial charge in [-0.3, -0.25) is 0 Å². The second-order valence-electron chi connectivity index (χ2n) is 6.02. The van der Waals surface area contributed by atoms with E-state index in [0.29, 0.717) is 0 Å². The summed E-state index contributed by atoms with van der Waals surface area (Å²) in [4.78, 5) is -0.136. The number of sulfonamides is 2. The summed E-state index contributed by atoms with van der Waals surface area (Å²) in [6, 6.07) is 13.8. The monoisotopic (exact) mass is 410 g/mol. The van der Waals surface area contributed by atoms with E-state index in [1.165, 1.54) is 32.9 Å². The van der Waals surface area contributed by atoms with E-state index < -0.39 is 25.9 Å². The minimum atomic E-state index is -3.85. The van der Waals surface area contributed by atoms with Crippen molar-refractivity contribution in [3.63, 3.8) is 0 Å². The average Bonchev–Trinajstić information content (AvgIpc) is 2.67. The van der Waals surface area contributed by atoms with Crippen LogP contribution in [-0.2, 0) is 20.0 Å². The van der Waals surface area contributed by atoms with Crippen molar-refractivity contribution >= 4 is 26.1 Å². The fraction of sp³-hybridized carbons (Fsp3) is 0.222. The lowest BCUT2D eigenvalue weighted by atomic mass is 10.2. The van der Waals surface area contributed by atoms with Gasteiger partial charge in [-0.2, -0.15) is 8.61 Å². The van der Waals surface area contributed by atoms with E-state index in [9.17, 15) is 21.2 Å². The van der Waals surface area contributed by atoms with Crippen LogP contribution in [0.3, 0.4) is 0 Å². The number of piperazine rings is 1. The lowest BCUT2D eigenvalue weighted by Crippen LogP contribution is -2.49. The van der Waals surface area contributed by atoms with Gasteiger partial charge in [0.2, 0.25) is 20.0 Å². The smallest absolute Gasteiger partial charge is 0.208 e. The van der Waals surface area contributed by atoms with E-state index in [1.807, 2.05) is 18.2 Å². The van der Waals surface area contributed by atoms with Crippen molar-refractivity contribution in [1.29, 1.82) is 0 Å². The molecular formula is C18H19FN2O4S2. The fourth-order valence-corrected chi connectivity index (χ4v) is 5.38. The van der Waals surface area contributed by atoms with Crippen LogP contribution in [0, 0.1) is 5.82 Å². The summed E-state index contributed by atoms with van der Waals surface area (Å²) in [5.74, 6) is -0.636. The summed E-state index contributed by atoms with van der Waals surface area (Å²) in [6.07, 6.45) is 1.51. The van der Waals surface area contributed by atoms with Crippen molar-refractivity contribution < 1.29 is 21.2 Å². The van der Waals surface area contributed by atoms with Crippen molar-refractivity contribution in [2.75, 3.05) is 26.2 Å². The van der Waals surface area contributed by atoms with Crippen LogP contribution in [0.2, 0.25) is 0 Å². The predicted molar refractivity (Wildman–Crippen MR) is 101 cm³/mol. The Kier molecular flexibility index (Phi) is 5.75. The van der Waals surface area contributed by atoms with Crippen LogP contribution in [0.15, 0.2) is 64.9 Å². The number of nitrogens with zero attached hydrogens (tertiary/aromatic N) is 2. The predicted octanol–water partition coefficient (Wildman–Crippen LogP) is 2.13. The molecular weight excluding hydrogens is 391 g/mol. The van der Waals surface area contributed by atoms with Crippen molar-refractivity contribution in [1.82, 2.24) is 8.61 Å². The van der Waals surface area contributed by atoms with Gasteiger partial charge in [0.05, 0.1) is 4.90 Å². The van der Waals surface area contributed by atoms with E-state index in [-0.39, 0.29) is 31.1 Å². The van der Waals surface area contributed by atoms with Gasteiger partial charge in [0.25, 0.3) is 0 Å². The molecule has 1 aliphatic heterocycles. The molecule has 1 aliphatic rings. The first-order valence-electron chi connectivity index (χ1n) is 8.28. The molecule has 1 fully saturated rings. The van der Waals surface area contributed by atoms with Gasteiger partial charge in [-0.25, -0.2) is 21.2 Å². The molecule has 0 aromatic heterocycles. The van der Waals surface area contributed by atoms with Crippen molar-refractivity contribution in [3.05, 3.63) is 71.4 Å². The molecule has 144 valence electrons. The first kappa shape index (κ1) is 19.7. The van der Waals surface area contributed by atoms with Gasteiger partial charge in [-0.05, 0) is 29.8 Å².